The summed E-state index contributed by atoms with van der Waals surface area (Å²) in [5.41, 5.74) is -0.183. The molecule has 2 heterocycles. The Morgan fingerprint density at radius 2 is 2.12 bits per heavy atom. The van der Waals surface area contributed by atoms with Gasteiger partial charge in [0.1, 0.15) is 17.7 Å². The molecule has 5 nitrogen and oxygen atoms in total. The molecule has 2 aromatic rings. The average Bonchev–Trinajstić information content (AvgIpc) is 3.02. The van der Waals surface area contributed by atoms with Crippen molar-refractivity contribution in [3.63, 3.8) is 0 Å². The highest BCUT2D eigenvalue weighted by atomic mass is 79.9. The van der Waals surface area contributed by atoms with Crippen LogP contribution in [0.3, 0.4) is 0 Å². The molecule has 3 rings (SSSR count). The van der Waals surface area contributed by atoms with E-state index in [1.807, 2.05) is 0 Å². The molecule has 134 valence electrons. The van der Waals surface area contributed by atoms with Gasteiger partial charge in [-0.05, 0) is 52.7 Å². The summed E-state index contributed by atoms with van der Waals surface area (Å²) in [6.07, 6.45) is 1.72. The first-order valence-corrected chi connectivity index (χ1v) is 9.94. The highest BCUT2D eigenvalue weighted by Crippen LogP contribution is 2.26. The van der Waals surface area contributed by atoms with Gasteiger partial charge < -0.3 is 4.74 Å². The number of ether oxygens (including phenoxy) is 1. The van der Waals surface area contributed by atoms with Gasteiger partial charge in [-0.2, -0.15) is 4.31 Å². The second-order valence-electron chi connectivity index (χ2n) is 5.67. The van der Waals surface area contributed by atoms with E-state index < -0.39 is 27.4 Å². The summed E-state index contributed by atoms with van der Waals surface area (Å²) in [6, 6.07) is 6.31. The molecule has 1 fully saturated rings. The molecule has 0 spiro atoms. The molecule has 0 saturated carbocycles. The lowest BCUT2D eigenvalue weighted by Gasteiger charge is -2.17. The van der Waals surface area contributed by atoms with Crippen LogP contribution in [0.5, 0.6) is 5.88 Å². The number of sulfonamides is 1. The fraction of sp³-hybridized carbons (Fsp3) is 0.312. The molecule has 0 aliphatic carbocycles. The first-order chi connectivity index (χ1) is 11.8. The number of hydrogen-bond donors (Lipinski definition) is 0. The maximum Gasteiger partial charge on any atom is 0.228 e. The van der Waals surface area contributed by atoms with Crippen LogP contribution in [0, 0.1) is 11.6 Å². The normalized spacial score (nSPS) is 18.4. The zero-order chi connectivity index (χ0) is 18.0. The topological polar surface area (TPSA) is 59.5 Å². The SMILES string of the molecule is O=S(=O)(Cc1cc(F)ccc1F)N1CCC(Oc2ncccc2Br)C1. The fourth-order valence-electron chi connectivity index (χ4n) is 2.60. The molecule has 1 aromatic heterocycles. The number of benzene rings is 1. The monoisotopic (exact) mass is 432 g/mol. The van der Waals surface area contributed by atoms with Crippen LogP contribution in [0.2, 0.25) is 0 Å². The molecule has 25 heavy (non-hydrogen) atoms. The van der Waals surface area contributed by atoms with Crippen LogP contribution in [-0.4, -0.2) is 36.9 Å². The van der Waals surface area contributed by atoms with Gasteiger partial charge >= 0.3 is 0 Å². The molecule has 1 unspecified atom stereocenters. The average molecular weight is 433 g/mol. The molecule has 0 amide bonds. The van der Waals surface area contributed by atoms with E-state index in [2.05, 4.69) is 20.9 Å². The van der Waals surface area contributed by atoms with E-state index in [9.17, 15) is 17.2 Å². The van der Waals surface area contributed by atoms with Gasteiger partial charge in [-0.25, -0.2) is 22.2 Å². The predicted octanol–water partition coefficient (Wildman–Crippen LogP) is 3.11. The van der Waals surface area contributed by atoms with E-state index in [1.165, 1.54) is 4.31 Å². The number of rotatable bonds is 5. The number of nitrogens with zero attached hydrogens (tertiary/aromatic N) is 2. The van der Waals surface area contributed by atoms with Gasteiger partial charge in [-0.3, -0.25) is 0 Å². The van der Waals surface area contributed by atoms with Crippen molar-refractivity contribution in [2.45, 2.75) is 18.3 Å². The van der Waals surface area contributed by atoms with Crippen molar-refractivity contribution in [2.75, 3.05) is 13.1 Å². The molecule has 1 aromatic carbocycles. The van der Waals surface area contributed by atoms with Gasteiger partial charge in [-0.1, -0.05) is 0 Å². The lowest BCUT2D eigenvalue weighted by Crippen LogP contribution is -2.32. The highest BCUT2D eigenvalue weighted by molar-refractivity contribution is 9.10. The molecule has 1 aliphatic heterocycles. The first kappa shape index (κ1) is 18.2. The Morgan fingerprint density at radius 3 is 2.88 bits per heavy atom. The standard InChI is InChI=1S/C16H15BrF2N2O3S/c17-14-2-1-6-20-16(14)24-13-5-7-21(9-13)25(22,23)10-11-8-12(18)3-4-15(11)19/h1-4,6,8,13H,5,7,9-10H2. The number of pyridine rings is 1. The summed E-state index contributed by atoms with van der Waals surface area (Å²) >= 11 is 3.32. The maximum absolute atomic E-state index is 13.7. The lowest BCUT2D eigenvalue weighted by molar-refractivity contribution is 0.205. The molecule has 1 aliphatic rings. The summed E-state index contributed by atoms with van der Waals surface area (Å²) in [6.45, 7) is 0.399. The van der Waals surface area contributed by atoms with E-state index in [0.29, 0.717) is 16.8 Å². The molecule has 0 bridgehead atoms. The van der Waals surface area contributed by atoms with Crippen LogP contribution in [0.1, 0.15) is 12.0 Å². The van der Waals surface area contributed by atoms with Crippen molar-refractivity contribution in [1.29, 1.82) is 0 Å². The van der Waals surface area contributed by atoms with Gasteiger partial charge in [0.25, 0.3) is 0 Å². The Hall–Kier alpha value is -1.58. The van der Waals surface area contributed by atoms with E-state index in [1.54, 1.807) is 18.3 Å². The second-order valence-corrected chi connectivity index (χ2v) is 8.49. The van der Waals surface area contributed by atoms with E-state index in [0.717, 1.165) is 18.2 Å². The Balaban J connectivity index is 1.68. The largest absolute Gasteiger partial charge is 0.472 e. The van der Waals surface area contributed by atoms with Crippen molar-refractivity contribution < 1.29 is 21.9 Å². The number of halogens is 3. The van der Waals surface area contributed by atoms with Gasteiger partial charge in [0, 0.05) is 18.3 Å². The number of aromatic nitrogens is 1. The van der Waals surface area contributed by atoms with Crippen molar-refractivity contribution in [3.05, 3.63) is 58.2 Å². The third-order valence-electron chi connectivity index (χ3n) is 3.85. The van der Waals surface area contributed by atoms with Crippen LogP contribution in [0.25, 0.3) is 0 Å². The van der Waals surface area contributed by atoms with Crippen molar-refractivity contribution in [1.82, 2.24) is 9.29 Å². The predicted molar refractivity (Wildman–Crippen MR) is 91.5 cm³/mol. The molecule has 0 radical (unpaired) electrons. The lowest BCUT2D eigenvalue weighted by atomic mass is 10.2. The zero-order valence-corrected chi connectivity index (χ0v) is 15.4. The second kappa shape index (κ2) is 7.35. The third kappa shape index (κ3) is 4.34. The van der Waals surface area contributed by atoms with Crippen molar-refractivity contribution in [3.8, 4) is 5.88 Å². The maximum atomic E-state index is 13.7. The summed E-state index contributed by atoms with van der Waals surface area (Å²) < 4.78 is 59.6. The zero-order valence-electron chi connectivity index (χ0n) is 13.0. The van der Waals surface area contributed by atoms with E-state index in [4.69, 9.17) is 4.74 Å². The minimum Gasteiger partial charge on any atom is -0.472 e. The summed E-state index contributed by atoms with van der Waals surface area (Å²) in [4.78, 5) is 4.09. The van der Waals surface area contributed by atoms with Crippen molar-refractivity contribution >= 4 is 26.0 Å². The number of hydrogen-bond acceptors (Lipinski definition) is 4. The summed E-state index contributed by atoms with van der Waals surface area (Å²) in [5.74, 6) is -1.61. The molecule has 1 atom stereocenters. The Labute approximate surface area is 152 Å². The Kier molecular flexibility index (Phi) is 5.35. The molecule has 1 saturated heterocycles. The minimum absolute atomic E-state index is 0.141. The smallest absolute Gasteiger partial charge is 0.228 e. The van der Waals surface area contributed by atoms with Gasteiger partial charge in [-0.15, -0.1) is 0 Å². The highest BCUT2D eigenvalue weighted by Gasteiger charge is 2.33. The van der Waals surface area contributed by atoms with Crippen LogP contribution in [-0.2, 0) is 15.8 Å². The molecular weight excluding hydrogens is 418 g/mol. The quantitative estimate of drug-likeness (QED) is 0.728. The van der Waals surface area contributed by atoms with Crippen LogP contribution >= 0.6 is 15.9 Å². The van der Waals surface area contributed by atoms with Crippen LogP contribution in [0.4, 0.5) is 8.78 Å². The fourth-order valence-corrected chi connectivity index (χ4v) is 4.53. The molecule has 9 heteroatoms. The molecule has 0 N–H and O–H groups in total. The van der Waals surface area contributed by atoms with E-state index in [-0.39, 0.29) is 24.8 Å². The Bertz CT molecular complexity index is 879. The van der Waals surface area contributed by atoms with Crippen LogP contribution < -0.4 is 4.74 Å². The van der Waals surface area contributed by atoms with Crippen molar-refractivity contribution in [2.24, 2.45) is 0 Å². The van der Waals surface area contributed by atoms with Gasteiger partial charge in [0.2, 0.25) is 15.9 Å². The first-order valence-electron chi connectivity index (χ1n) is 7.54. The minimum atomic E-state index is -3.77. The summed E-state index contributed by atoms with van der Waals surface area (Å²) in [5, 5.41) is 0. The van der Waals surface area contributed by atoms with E-state index >= 15 is 0 Å². The summed E-state index contributed by atoms with van der Waals surface area (Å²) in [7, 11) is -3.77. The van der Waals surface area contributed by atoms with Gasteiger partial charge in [0.05, 0.1) is 16.8 Å². The van der Waals surface area contributed by atoms with Gasteiger partial charge in [0.15, 0.2) is 0 Å². The third-order valence-corrected chi connectivity index (χ3v) is 6.25. The molecular formula is C16H15BrF2N2O3S. The van der Waals surface area contributed by atoms with Crippen LogP contribution in [0.15, 0.2) is 41.0 Å². The Morgan fingerprint density at radius 1 is 1.32 bits per heavy atom.